The van der Waals surface area contributed by atoms with Gasteiger partial charge in [0.2, 0.25) is 0 Å². The van der Waals surface area contributed by atoms with Crippen molar-refractivity contribution >= 4 is 22.8 Å². The maximum absolute atomic E-state index is 13.8. The molecular formula is C15H13FN2OS. The fraction of sp³-hybridized carbons (Fsp3) is 0.133. The number of benzene rings is 2. The second-order valence-corrected chi connectivity index (χ2v) is 5.52. The molecule has 2 aromatic carbocycles. The van der Waals surface area contributed by atoms with E-state index in [1.165, 1.54) is 17.8 Å². The lowest BCUT2D eigenvalue weighted by Crippen LogP contribution is -1.98. The van der Waals surface area contributed by atoms with Crippen LogP contribution in [0, 0.1) is 5.82 Å². The molecule has 1 aromatic heterocycles. The average Bonchev–Trinajstić information content (AvgIpc) is 2.80. The molecule has 2 N–H and O–H groups in total. The van der Waals surface area contributed by atoms with Crippen molar-refractivity contribution in [2.45, 2.75) is 23.1 Å². The third kappa shape index (κ3) is 2.42. The number of nitrogens with zero attached hydrogens (tertiary/aromatic N) is 1. The van der Waals surface area contributed by atoms with Gasteiger partial charge in [-0.2, -0.15) is 0 Å². The molecule has 0 aliphatic carbocycles. The molecule has 3 aromatic rings. The Morgan fingerprint density at radius 3 is 2.75 bits per heavy atom. The van der Waals surface area contributed by atoms with E-state index in [-0.39, 0.29) is 0 Å². The van der Waals surface area contributed by atoms with E-state index in [0.717, 1.165) is 11.0 Å². The Kier molecular flexibility index (Phi) is 3.46. The summed E-state index contributed by atoms with van der Waals surface area (Å²) in [6.07, 6.45) is -0.858. The quantitative estimate of drug-likeness (QED) is 0.768. The second-order valence-electron chi connectivity index (χ2n) is 4.49. The molecule has 1 heterocycles. The highest BCUT2D eigenvalue weighted by Crippen LogP contribution is 2.34. The largest absolute Gasteiger partial charge is 0.389 e. The minimum absolute atomic E-state index is 0.304. The Balaban J connectivity index is 2.00. The summed E-state index contributed by atoms with van der Waals surface area (Å²) in [6.45, 7) is 1.56. The van der Waals surface area contributed by atoms with Crippen LogP contribution in [-0.4, -0.2) is 15.1 Å². The molecular weight excluding hydrogens is 275 g/mol. The molecule has 0 aliphatic heterocycles. The molecule has 0 aliphatic rings. The molecule has 0 bridgehead atoms. The van der Waals surface area contributed by atoms with Gasteiger partial charge < -0.3 is 10.1 Å². The number of hydrogen-bond acceptors (Lipinski definition) is 3. The lowest BCUT2D eigenvalue weighted by molar-refractivity contribution is 0.191. The Labute approximate surface area is 119 Å². The van der Waals surface area contributed by atoms with E-state index in [4.69, 9.17) is 0 Å². The molecule has 0 amide bonds. The van der Waals surface area contributed by atoms with Gasteiger partial charge in [-0.05, 0) is 31.2 Å². The molecule has 0 saturated carbocycles. The summed E-state index contributed by atoms with van der Waals surface area (Å²) < 4.78 is 13.8. The Hall–Kier alpha value is -1.85. The highest BCUT2D eigenvalue weighted by Gasteiger charge is 2.15. The molecule has 1 unspecified atom stereocenters. The van der Waals surface area contributed by atoms with Crippen LogP contribution in [0.25, 0.3) is 11.0 Å². The van der Waals surface area contributed by atoms with Crippen molar-refractivity contribution in [1.29, 1.82) is 0 Å². The van der Waals surface area contributed by atoms with Crippen molar-refractivity contribution in [3.63, 3.8) is 0 Å². The van der Waals surface area contributed by atoms with E-state index >= 15 is 0 Å². The van der Waals surface area contributed by atoms with Crippen molar-refractivity contribution in [1.82, 2.24) is 9.97 Å². The SMILES string of the molecule is CC(O)c1c(F)cccc1Sc1nc2ccccc2[nH]1. The molecule has 3 rings (SSSR count). The third-order valence-electron chi connectivity index (χ3n) is 3.00. The third-order valence-corrected chi connectivity index (χ3v) is 3.97. The molecule has 3 nitrogen and oxygen atoms in total. The van der Waals surface area contributed by atoms with Crippen molar-refractivity contribution in [2.24, 2.45) is 0 Å². The average molecular weight is 288 g/mol. The number of aliphatic hydroxyl groups is 1. The smallest absolute Gasteiger partial charge is 0.171 e. The van der Waals surface area contributed by atoms with Crippen LogP contribution in [-0.2, 0) is 0 Å². The van der Waals surface area contributed by atoms with Gasteiger partial charge in [-0.15, -0.1) is 0 Å². The van der Waals surface area contributed by atoms with Crippen LogP contribution in [0.2, 0.25) is 0 Å². The van der Waals surface area contributed by atoms with Crippen LogP contribution < -0.4 is 0 Å². The zero-order valence-electron chi connectivity index (χ0n) is 10.8. The van der Waals surface area contributed by atoms with E-state index in [0.29, 0.717) is 15.6 Å². The minimum Gasteiger partial charge on any atom is -0.389 e. The van der Waals surface area contributed by atoms with Crippen LogP contribution in [0.5, 0.6) is 0 Å². The number of H-pyrrole nitrogens is 1. The maximum atomic E-state index is 13.8. The molecule has 0 saturated heterocycles. The maximum Gasteiger partial charge on any atom is 0.171 e. The minimum atomic E-state index is -0.858. The van der Waals surface area contributed by atoms with Crippen molar-refractivity contribution < 1.29 is 9.50 Å². The number of rotatable bonds is 3. The van der Waals surface area contributed by atoms with Crippen LogP contribution >= 0.6 is 11.8 Å². The van der Waals surface area contributed by atoms with Gasteiger partial charge in [0.05, 0.1) is 17.1 Å². The lowest BCUT2D eigenvalue weighted by atomic mass is 10.1. The van der Waals surface area contributed by atoms with Gasteiger partial charge in [0, 0.05) is 10.5 Å². The van der Waals surface area contributed by atoms with Crippen molar-refractivity contribution in [3.05, 3.63) is 53.8 Å². The Morgan fingerprint density at radius 2 is 2.00 bits per heavy atom. The van der Waals surface area contributed by atoms with Crippen LogP contribution in [0.3, 0.4) is 0 Å². The topological polar surface area (TPSA) is 48.9 Å². The normalized spacial score (nSPS) is 12.8. The highest BCUT2D eigenvalue weighted by molar-refractivity contribution is 7.99. The van der Waals surface area contributed by atoms with Gasteiger partial charge in [0.1, 0.15) is 5.82 Å². The number of halogens is 1. The lowest BCUT2D eigenvalue weighted by Gasteiger charge is -2.11. The molecule has 0 fully saturated rings. The summed E-state index contributed by atoms with van der Waals surface area (Å²) in [7, 11) is 0. The van der Waals surface area contributed by atoms with Gasteiger partial charge >= 0.3 is 0 Å². The molecule has 5 heteroatoms. The van der Waals surface area contributed by atoms with Gasteiger partial charge in [0.15, 0.2) is 5.16 Å². The molecule has 20 heavy (non-hydrogen) atoms. The fourth-order valence-electron chi connectivity index (χ4n) is 2.09. The summed E-state index contributed by atoms with van der Waals surface area (Å²) in [5.74, 6) is -0.402. The number of imidazole rings is 1. The number of aromatic nitrogens is 2. The van der Waals surface area contributed by atoms with Crippen LogP contribution in [0.15, 0.2) is 52.5 Å². The first-order valence-electron chi connectivity index (χ1n) is 6.24. The zero-order chi connectivity index (χ0) is 14.1. The first-order chi connectivity index (χ1) is 9.65. The molecule has 0 spiro atoms. The predicted molar refractivity (Wildman–Crippen MR) is 77.3 cm³/mol. The summed E-state index contributed by atoms with van der Waals surface area (Å²) in [6, 6.07) is 12.5. The summed E-state index contributed by atoms with van der Waals surface area (Å²) in [4.78, 5) is 8.28. The van der Waals surface area contributed by atoms with Gasteiger partial charge in [-0.25, -0.2) is 9.37 Å². The summed E-state index contributed by atoms with van der Waals surface area (Å²) in [5, 5.41) is 10.4. The second kappa shape index (κ2) is 5.26. The number of hydrogen-bond donors (Lipinski definition) is 2. The standard InChI is InChI=1S/C15H13FN2OS/c1-9(19)14-10(16)5-4-8-13(14)20-15-17-11-6-2-3-7-12(11)18-15/h2-9,19H,1H3,(H,17,18). The monoisotopic (exact) mass is 288 g/mol. The Morgan fingerprint density at radius 1 is 1.20 bits per heavy atom. The van der Waals surface area contributed by atoms with Crippen molar-refractivity contribution in [2.75, 3.05) is 0 Å². The van der Waals surface area contributed by atoms with Crippen molar-refractivity contribution in [3.8, 4) is 0 Å². The van der Waals surface area contributed by atoms with E-state index in [1.54, 1.807) is 19.1 Å². The van der Waals surface area contributed by atoms with Gasteiger partial charge in [-0.1, -0.05) is 30.0 Å². The van der Waals surface area contributed by atoms with Gasteiger partial charge in [0.25, 0.3) is 0 Å². The number of aliphatic hydroxyl groups excluding tert-OH is 1. The zero-order valence-corrected chi connectivity index (χ0v) is 11.6. The number of nitrogens with one attached hydrogen (secondary N) is 1. The van der Waals surface area contributed by atoms with Crippen LogP contribution in [0.4, 0.5) is 4.39 Å². The molecule has 1 atom stereocenters. The predicted octanol–water partition coefficient (Wildman–Crippen LogP) is 3.91. The van der Waals surface area contributed by atoms with Crippen LogP contribution in [0.1, 0.15) is 18.6 Å². The van der Waals surface area contributed by atoms with E-state index in [1.807, 2.05) is 24.3 Å². The number of para-hydroxylation sites is 2. The first kappa shape index (κ1) is 13.1. The fourth-order valence-corrected chi connectivity index (χ4v) is 3.13. The molecule has 102 valence electrons. The summed E-state index contributed by atoms with van der Waals surface area (Å²) >= 11 is 1.32. The Bertz CT molecular complexity index is 721. The molecule has 0 radical (unpaired) electrons. The summed E-state index contributed by atoms with van der Waals surface area (Å²) in [5.41, 5.74) is 2.10. The highest BCUT2D eigenvalue weighted by atomic mass is 32.2. The van der Waals surface area contributed by atoms with E-state index < -0.39 is 11.9 Å². The van der Waals surface area contributed by atoms with E-state index in [9.17, 15) is 9.50 Å². The first-order valence-corrected chi connectivity index (χ1v) is 7.06. The number of aromatic amines is 1. The van der Waals surface area contributed by atoms with E-state index in [2.05, 4.69) is 9.97 Å². The van der Waals surface area contributed by atoms with Gasteiger partial charge in [-0.3, -0.25) is 0 Å². The number of fused-ring (bicyclic) bond motifs is 1.